The van der Waals surface area contributed by atoms with Crippen LogP contribution in [0.3, 0.4) is 0 Å². The molecule has 1 aliphatic heterocycles. The lowest BCUT2D eigenvalue weighted by Crippen LogP contribution is -2.31. The van der Waals surface area contributed by atoms with Crippen LogP contribution in [-0.4, -0.2) is 18.7 Å². The molecule has 0 spiro atoms. The highest BCUT2D eigenvalue weighted by Crippen LogP contribution is 2.27. The van der Waals surface area contributed by atoms with Crippen molar-refractivity contribution in [3.63, 3.8) is 0 Å². The Kier molecular flexibility index (Phi) is 4.24. The maximum Gasteiger partial charge on any atom is 0.227 e. The number of carbonyl (C=O) groups excluding carboxylic acids is 2. The average molecular weight is 311 g/mol. The number of fused-ring (bicyclic) bond motifs is 1. The number of hydrogen-bond donors (Lipinski definition) is 0. The van der Waals surface area contributed by atoms with E-state index in [0.29, 0.717) is 24.8 Å². The molecule has 3 nitrogen and oxygen atoms in total. The summed E-state index contributed by atoms with van der Waals surface area (Å²) in [6, 6.07) is 11.9. The van der Waals surface area contributed by atoms with Gasteiger partial charge >= 0.3 is 0 Å². The first-order chi connectivity index (χ1) is 11.0. The summed E-state index contributed by atoms with van der Waals surface area (Å²) in [6.45, 7) is 0. The van der Waals surface area contributed by atoms with E-state index in [1.807, 2.05) is 18.2 Å². The van der Waals surface area contributed by atoms with E-state index in [9.17, 15) is 14.0 Å². The SMILES string of the molecule is CN1C(=O)CCc2cc(CC(=O)Cc3cccc(F)c3)ccc21. The minimum atomic E-state index is -0.322. The van der Waals surface area contributed by atoms with Crippen molar-refractivity contribution in [1.29, 1.82) is 0 Å². The van der Waals surface area contributed by atoms with Crippen molar-refractivity contribution < 1.29 is 14.0 Å². The zero-order valence-electron chi connectivity index (χ0n) is 13.0. The van der Waals surface area contributed by atoms with Crippen molar-refractivity contribution in [3.05, 3.63) is 65.0 Å². The van der Waals surface area contributed by atoms with E-state index in [0.717, 1.165) is 16.8 Å². The van der Waals surface area contributed by atoms with Crippen molar-refractivity contribution in [2.75, 3.05) is 11.9 Å². The van der Waals surface area contributed by atoms with Crippen LogP contribution in [0.1, 0.15) is 23.1 Å². The quantitative estimate of drug-likeness (QED) is 0.870. The zero-order valence-corrected chi connectivity index (χ0v) is 13.0. The molecule has 0 saturated heterocycles. The molecule has 1 aliphatic rings. The highest BCUT2D eigenvalue weighted by molar-refractivity contribution is 5.96. The molecule has 1 heterocycles. The fraction of sp³-hybridized carbons (Fsp3) is 0.263. The van der Waals surface area contributed by atoms with Gasteiger partial charge < -0.3 is 4.90 Å². The Morgan fingerprint density at radius 2 is 1.83 bits per heavy atom. The van der Waals surface area contributed by atoms with Gasteiger partial charge in [0.15, 0.2) is 0 Å². The minimum Gasteiger partial charge on any atom is -0.315 e. The first kappa shape index (κ1) is 15.4. The second kappa shape index (κ2) is 6.32. The van der Waals surface area contributed by atoms with Crippen LogP contribution in [0.4, 0.5) is 10.1 Å². The van der Waals surface area contributed by atoms with Crippen LogP contribution in [-0.2, 0) is 28.9 Å². The van der Waals surface area contributed by atoms with E-state index in [1.54, 1.807) is 24.1 Å². The second-order valence-corrected chi connectivity index (χ2v) is 5.94. The van der Waals surface area contributed by atoms with Gasteiger partial charge in [0.05, 0.1) is 0 Å². The summed E-state index contributed by atoms with van der Waals surface area (Å²) in [4.78, 5) is 25.5. The third kappa shape index (κ3) is 3.47. The molecular weight excluding hydrogens is 293 g/mol. The number of anilines is 1. The molecule has 0 N–H and O–H groups in total. The molecule has 2 aromatic carbocycles. The van der Waals surface area contributed by atoms with E-state index < -0.39 is 0 Å². The number of ketones is 1. The summed E-state index contributed by atoms with van der Waals surface area (Å²) in [5.74, 6) is -0.153. The van der Waals surface area contributed by atoms with Crippen molar-refractivity contribution in [3.8, 4) is 0 Å². The molecule has 2 aromatic rings. The molecule has 0 atom stereocenters. The lowest BCUT2D eigenvalue weighted by molar-refractivity contribution is -0.119. The molecule has 4 heteroatoms. The van der Waals surface area contributed by atoms with Crippen LogP contribution in [0.2, 0.25) is 0 Å². The fourth-order valence-corrected chi connectivity index (χ4v) is 2.98. The number of benzene rings is 2. The maximum absolute atomic E-state index is 13.2. The molecule has 0 aromatic heterocycles. The minimum absolute atomic E-state index is 0.0517. The number of rotatable bonds is 4. The third-order valence-corrected chi connectivity index (χ3v) is 4.18. The molecule has 3 rings (SSSR count). The zero-order chi connectivity index (χ0) is 16.4. The van der Waals surface area contributed by atoms with Crippen LogP contribution < -0.4 is 4.90 Å². The van der Waals surface area contributed by atoms with E-state index in [1.165, 1.54) is 12.1 Å². The number of aryl methyl sites for hydroxylation is 1. The van der Waals surface area contributed by atoms with E-state index in [-0.39, 0.29) is 23.9 Å². The molecule has 23 heavy (non-hydrogen) atoms. The summed E-state index contributed by atoms with van der Waals surface area (Å²) in [5, 5.41) is 0. The van der Waals surface area contributed by atoms with Gasteiger partial charge in [-0.1, -0.05) is 24.3 Å². The Morgan fingerprint density at radius 1 is 1.09 bits per heavy atom. The lowest BCUT2D eigenvalue weighted by Gasteiger charge is -2.26. The van der Waals surface area contributed by atoms with Gasteiger partial charge in [0.2, 0.25) is 5.91 Å². The molecule has 0 fully saturated rings. The van der Waals surface area contributed by atoms with E-state index in [4.69, 9.17) is 0 Å². The van der Waals surface area contributed by atoms with Crippen LogP contribution in [0.15, 0.2) is 42.5 Å². The third-order valence-electron chi connectivity index (χ3n) is 4.18. The van der Waals surface area contributed by atoms with Crippen molar-refractivity contribution >= 4 is 17.4 Å². The van der Waals surface area contributed by atoms with Crippen molar-refractivity contribution in [2.24, 2.45) is 0 Å². The first-order valence-corrected chi connectivity index (χ1v) is 7.67. The van der Waals surface area contributed by atoms with Gasteiger partial charge in [0.1, 0.15) is 11.6 Å². The largest absolute Gasteiger partial charge is 0.315 e. The molecule has 0 radical (unpaired) electrons. The predicted molar refractivity (Wildman–Crippen MR) is 87.0 cm³/mol. The molecule has 0 saturated carbocycles. The molecule has 118 valence electrons. The summed E-state index contributed by atoms with van der Waals surface area (Å²) >= 11 is 0. The maximum atomic E-state index is 13.2. The van der Waals surface area contributed by atoms with Crippen LogP contribution >= 0.6 is 0 Å². The van der Waals surface area contributed by atoms with Crippen LogP contribution in [0.5, 0.6) is 0 Å². The highest BCUT2D eigenvalue weighted by Gasteiger charge is 2.21. The normalized spacial score (nSPS) is 13.8. The summed E-state index contributed by atoms with van der Waals surface area (Å²) in [5.41, 5.74) is 3.65. The number of carbonyl (C=O) groups is 2. The molecule has 0 unspecified atom stereocenters. The Hall–Kier alpha value is -2.49. The van der Waals surface area contributed by atoms with Crippen molar-refractivity contribution in [1.82, 2.24) is 0 Å². The van der Waals surface area contributed by atoms with Gasteiger partial charge in [0, 0.05) is 32.0 Å². The Labute approximate surface area is 134 Å². The summed E-state index contributed by atoms with van der Waals surface area (Å²) in [6.07, 6.45) is 1.77. The van der Waals surface area contributed by atoms with Gasteiger partial charge in [-0.05, 0) is 41.3 Å². The number of nitrogens with zero attached hydrogens (tertiary/aromatic N) is 1. The van der Waals surface area contributed by atoms with Gasteiger partial charge in [0.25, 0.3) is 0 Å². The Bertz CT molecular complexity index is 770. The number of Topliss-reactive ketones (excluding diaryl/α,β-unsaturated/α-hetero) is 1. The van der Waals surface area contributed by atoms with Gasteiger partial charge in [-0.2, -0.15) is 0 Å². The number of halogens is 1. The van der Waals surface area contributed by atoms with Crippen molar-refractivity contribution in [2.45, 2.75) is 25.7 Å². The Morgan fingerprint density at radius 3 is 2.57 bits per heavy atom. The van der Waals surface area contributed by atoms with Gasteiger partial charge in [-0.3, -0.25) is 9.59 Å². The molecule has 0 aliphatic carbocycles. The topological polar surface area (TPSA) is 37.4 Å². The Balaban J connectivity index is 1.71. The highest BCUT2D eigenvalue weighted by atomic mass is 19.1. The van der Waals surface area contributed by atoms with E-state index in [2.05, 4.69) is 0 Å². The monoisotopic (exact) mass is 311 g/mol. The van der Waals surface area contributed by atoms with Crippen LogP contribution in [0, 0.1) is 5.82 Å². The lowest BCUT2D eigenvalue weighted by atomic mass is 9.96. The van der Waals surface area contributed by atoms with Gasteiger partial charge in [-0.25, -0.2) is 4.39 Å². The molecular formula is C19H18FNO2. The number of amides is 1. The van der Waals surface area contributed by atoms with Crippen LogP contribution in [0.25, 0.3) is 0 Å². The predicted octanol–water partition coefficient (Wildman–Crippen LogP) is 3.09. The fourth-order valence-electron chi connectivity index (χ4n) is 2.98. The molecule has 1 amide bonds. The molecule has 0 bridgehead atoms. The standard InChI is InChI=1S/C19H18FNO2/c1-21-18-7-5-14(9-15(18)6-8-19(21)23)12-17(22)11-13-3-2-4-16(20)10-13/h2-5,7,9-10H,6,8,11-12H2,1H3. The van der Waals surface area contributed by atoms with E-state index >= 15 is 0 Å². The summed E-state index contributed by atoms with van der Waals surface area (Å²) < 4.78 is 13.2. The smallest absolute Gasteiger partial charge is 0.227 e. The summed E-state index contributed by atoms with van der Waals surface area (Å²) in [7, 11) is 1.77. The second-order valence-electron chi connectivity index (χ2n) is 5.94. The van der Waals surface area contributed by atoms with Gasteiger partial charge in [-0.15, -0.1) is 0 Å². The number of hydrogen-bond acceptors (Lipinski definition) is 2. The first-order valence-electron chi connectivity index (χ1n) is 7.67. The average Bonchev–Trinajstić information content (AvgIpc) is 2.51.